The van der Waals surface area contributed by atoms with Crippen LogP contribution in [0.4, 0.5) is 5.69 Å². The summed E-state index contributed by atoms with van der Waals surface area (Å²) in [5.74, 6) is -0.102. The Hall–Kier alpha value is -1.95. The summed E-state index contributed by atoms with van der Waals surface area (Å²) in [7, 11) is 0. The van der Waals surface area contributed by atoms with E-state index in [-0.39, 0.29) is 17.3 Å². The van der Waals surface area contributed by atoms with E-state index in [1.807, 2.05) is 0 Å². The Morgan fingerprint density at radius 2 is 2.17 bits per heavy atom. The number of nitro groups is 1. The van der Waals surface area contributed by atoms with Gasteiger partial charge in [-0.05, 0) is 24.8 Å². The number of nitrogens with zero attached hydrogens (tertiary/aromatic N) is 1. The Balaban J connectivity index is 1.88. The predicted molar refractivity (Wildman–Crippen MR) is 63.7 cm³/mol. The van der Waals surface area contributed by atoms with E-state index in [1.165, 1.54) is 12.1 Å². The van der Waals surface area contributed by atoms with E-state index in [9.17, 15) is 14.9 Å². The van der Waals surface area contributed by atoms with Crippen LogP contribution >= 0.6 is 0 Å². The van der Waals surface area contributed by atoms with Crippen molar-refractivity contribution in [3.05, 3.63) is 39.9 Å². The lowest BCUT2D eigenvalue weighted by molar-refractivity contribution is -0.384. The number of hydrogen-bond donors (Lipinski definition) is 2. The van der Waals surface area contributed by atoms with E-state index in [0.29, 0.717) is 5.56 Å². The summed E-state index contributed by atoms with van der Waals surface area (Å²) in [6, 6.07) is 5.74. The van der Waals surface area contributed by atoms with Crippen LogP contribution in [-0.2, 0) is 4.79 Å². The molecule has 2 aliphatic rings. The lowest BCUT2D eigenvalue weighted by Crippen LogP contribution is -2.55. The standard InChI is InChI=1S/C12H13N3O3/c16-11-10(13-12(14-11)5-2-6-12)8-3-1-4-9(7-8)15(17)18/h1,3-4,7,10,13H,2,5-6H2,(H,14,16)/t10-/m0/s1. The monoisotopic (exact) mass is 247 g/mol. The molecule has 1 amide bonds. The van der Waals surface area contributed by atoms with E-state index in [2.05, 4.69) is 10.6 Å². The summed E-state index contributed by atoms with van der Waals surface area (Å²) in [5.41, 5.74) is 0.383. The Morgan fingerprint density at radius 3 is 2.72 bits per heavy atom. The average Bonchev–Trinajstić information content (AvgIpc) is 2.67. The molecule has 1 atom stereocenters. The third-order valence-corrected chi connectivity index (χ3v) is 3.67. The normalized spacial score (nSPS) is 24.7. The molecule has 0 bridgehead atoms. The minimum absolute atomic E-state index is 0.0108. The number of amides is 1. The number of nitro benzene ring substituents is 1. The van der Waals surface area contributed by atoms with Crippen molar-refractivity contribution in [1.29, 1.82) is 0 Å². The van der Waals surface area contributed by atoms with Crippen LogP contribution < -0.4 is 10.6 Å². The van der Waals surface area contributed by atoms with Gasteiger partial charge in [-0.3, -0.25) is 20.2 Å². The minimum atomic E-state index is -0.481. The third-order valence-electron chi connectivity index (χ3n) is 3.67. The molecule has 2 fully saturated rings. The van der Waals surface area contributed by atoms with Crippen molar-refractivity contribution in [2.24, 2.45) is 0 Å². The second kappa shape index (κ2) is 3.78. The van der Waals surface area contributed by atoms with E-state index in [4.69, 9.17) is 0 Å². The minimum Gasteiger partial charge on any atom is -0.336 e. The lowest BCUT2D eigenvalue weighted by Gasteiger charge is -2.38. The van der Waals surface area contributed by atoms with Crippen molar-refractivity contribution in [3.8, 4) is 0 Å². The molecule has 0 aromatic heterocycles. The first kappa shape index (κ1) is 11.2. The number of non-ortho nitro benzene ring substituents is 1. The molecule has 3 rings (SSSR count). The Kier molecular flexibility index (Phi) is 2.34. The second-order valence-corrected chi connectivity index (χ2v) is 4.85. The molecule has 0 radical (unpaired) electrons. The summed E-state index contributed by atoms with van der Waals surface area (Å²) < 4.78 is 0. The fourth-order valence-corrected chi connectivity index (χ4v) is 2.54. The quantitative estimate of drug-likeness (QED) is 0.608. The van der Waals surface area contributed by atoms with E-state index < -0.39 is 11.0 Å². The van der Waals surface area contributed by atoms with Crippen molar-refractivity contribution in [1.82, 2.24) is 10.6 Å². The van der Waals surface area contributed by atoms with Gasteiger partial charge in [-0.2, -0.15) is 0 Å². The van der Waals surface area contributed by atoms with Gasteiger partial charge in [0.15, 0.2) is 0 Å². The topological polar surface area (TPSA) is 84.3 Å². The van der Waals surface area contributed by atoms with Crippen molar-refractivity contribution in [3.63, 3.8) is 0 Å². The van der Waals surface area contributed by atoms with Crippen molar-refractivity contribution >= 4 is 11.6 Å². The maximum absolute atomic E-state index is 11.9. The summed E-state index contributed by atoms with van der Waals surface area (Å²) >= 11 is 0. The number of rotatable bonds is 2. The number of nitrogens with one attached hydrogen (secondary N) is 2. The van der Waals surface area contributed by atoms with Gasteiger partial charge in [0, 0.05) is 12.1 Å². The molecule has 0 unspecified atom stereocenters. The fraction of sp³-hybridized carbons (Fsp3) is 0.417. The molecular formula is C12H13N3O3. The van der Waals surface area contributed by atoms with Gasteiger partial charge < -0.3 is 5.32 Å². The second-order valence-electron chi connectivity index (χ2n) is 4.85. The van der Waals surface area contributed by atoms with Gasteiger partial charge in [0.05, 0.1) is 10.6 Å². The fourth-order valence-electron chi connectivity index (χ4n) is 2.54. The van der Waals surface area contributed by atoms with Crippen LogP contribution in [0.1, 0.15) is 30.9 Å². The Morgan fingerprint density at radius 1 is 1.39 bits per heavy atom. The highest BCUT2D eigenvalue weighted by Crippen LogP contribution is 2.36. The van der Waals surface area contributed by atoms with Gasteiger partial charge in [0.25, 0.3) is 5.69 Å². The zero-order chi connectivity index (χ0) is 12.8. The lowest BCUT2D eigenvalue weighted by atomic mass is 9.85. The molecule has 1 aromatic rings. The molecular weight excluding hydrogens is 234 g/mol. The predicted octanol–water partition coefficient (Wildman–Crippen LogP) is 1.24. The first-order chi connectivity index (χ1) is 8.60. The van der Waals surface area contributed by atoms with Crippen molar-refractivity contribution in [2.45, 2.75) is 31.0 Å². The molecule has 1 aliphatic heterocycles. The van der Waals surface area contributed by atoms with Gasteiger partial charge in [-0.25, -0.2) is 0 Å². The number of hydrogen-bond acceptors (Lipinski definition) is 4. The first-order valence-electron chi connectivity index (χ1n) is 5.94. The number of benzene rings is 1. The molecule has 6 heteroatoms. The van der Waals surface area contributed by atoms with Crippen LogP contribution in [0.2, 0.25) is 0 Å². The van der Waals surface area contributed by atoms with E-state index in [1.54, 1.807) is 12.1 Å². The first-order valence-corrected chi connectivity index (χ1v) is 5.94. The van der Waals surface area contributed by atoms with E-state index in [0.717, 1.165) is 19.3 Å². The van der Waals surface area contributed by atoms with Gasteiger partial charge in [-0.1, -0.05) is 12.1 Å². The maximum atomic E-state index is 11.9. The SMILES string of the molecule is O=C1NC2(CCC2)N[C@H]1c1cccc([N+](=O)[O-])c1. The van der Waals surface area contributed by atoms with E-state index >= 15 is 0 Å². The summed E-state index contributed by atoms with van der Waals surface area (Å²) in [6.07, 6.45) is 2.93. The highest BCUT2D eigenvalue weighted by atomic mass is 16.6. The molecule has 6 nitrogen and oxygen atoms in total. The average molecular weight is 247 g/mol. The van der Waals surface area contributed by atoms with Crippen molar-refractivity contribution in [2.75, 3.05) is 0 Å². The van der Waals surface area contributed by atoms with Crippen LogP contribution in [0, 0.1) is 10.1 Å². The smallest absolute Gasteiger partial charge is 0.269 e. The van der Waals surface area contributed by atoms with Gasteiger partial charge >= 0.3 is 0 Å². The maximum Gasteiger partial charge on any atom is 0.269 e. The Bertz CT molecular complexity index is 525. The third kappa shape index (κ3) is 1.65. The molecule has 1 aromatic carbocycles. The van der Waals surface area contributed by atoms with Crippen LogP contribution in [0.25, 0.3) is 0 Å². The zero-order valence-electron chi connectivity index (χ0n) is 9.68. The van der Waals surface area contributed by atoms with Gasteiger partial charge in [0.2, 0.25) is 5.91 Å². The van der Waals surface area contributed by atoms with Crippen LogP contribution in [0.3, 0.4) is 0 Å². The Labute approximate surface area is 104 Å². The van der Waals surface area contributed by atoms with Gasteiger partial charge in [0.1, 0.15) is 6.04 Å². The molecule has 1 spiro atoms. The molecule has 1 saturated heterocycles. The molecule has 2 N–H and O–H groups in total. The summed E-state index contributed by atoms with van der Waals surface area (Å²) in [4.78, 5) is 22.2. The summed E-state index contributed by atoms with van der Waals surface area (Å²) in [5, 5.41) is 16.9. The largest absolute Gasteiger partial charge is 0.336 e. The number of carbonyl (C=O) groups is 1. The van der Waals surface area contributed by atoms with Crippen LogP contribution in [0.5, 0.6) is 0 Å². The van der Waals surface area contributed by atoms with Crippen molar-refractivity contribution < 1.29 is 9.72 Å². The van der Waals surface area contributed by atoms with Crippen LogP contribution in [-0.4, -0.2) is 16.5 Å². The zero-order valence-corrected chi connectivity index (χ0v) is 9.68. The molecule has 18 heavy (non-hydrogen) atoms. The molecule has 1 saturated carbocycles. The van der Waals surface area contributed by atoms with Crippen LogP contribution in [0.15, 0.2) is 24.3 Å². The highest BCUT2D eigenvalue weighted by molar-refractivity contribution is 5.86. The highest BCUT2D eigenvalue weighted by Gasteiger charge is 2.47. The number of carbonyl (C=O) groups excluding carboxylic acids is 1. The molecule has 94 valence electrons. The summed E-state index contributed by atoms with van der Waals surface area (Å²) in [6.45, 7) is 0. The molecule has 1 heterocycles. The van der Waals surface area contributed by atoms with Gasteiger partial charge in [-0.15, -0.1) is 0 Å². The molecule has 1 aliphatic carbocycles.